The van der Waals surface area contributed by atoms with E-state index in [4.69, 9.17) is 20.2 Å². The Hall–Kier alpha value is -3.42. The van der Waals surface area contributed by atoms with Gasteiger partial charge in [-0.3, -0.25) is 9.97 Å². The van der Waals surface area contributed by atoms with Gasteiger partial charge < -0.3 is 0 Å². The summed E-state index contributed by atoms with van der Waals surface area (Å²) in [7, 11) is 0. The smallest absolute Gasteiger partial charge is 0.172 e. The third kappa shape index (κ3) is 4.55. The van der Waals surface area contributed by atoms with Crippen molar-refractivity contribution in [1.82, 2.24) is 39.5 Å². The van der Waals surface area contributed by atoms with Crippen LogP contribution < -0.4 is 0 Å². The zero-order valence-electron chi connectivity index (χ0n) is 20.7. The minimum Gasteiger partial charge on any atom is -0.259 e. The van der Waals surface area contributed by atoms with Gasteiger partial charge in [-0.05, 0) is 26.0 Å². The molecule has 0 atom stereocenters. The Bertz CT molecular complexity index is 1170. The number of aromatic nitrogens is 8. The van der Waals surface area contributed by atoms with Crippen molar-refractivity contribution in [3.8, 4) is 11.6 Å². The van der Waals surface area contributed by atoms with Crippen LogP contribution in [0.25, 0.3) is 11.6 Å². The van der Waals surface area contributed by atoms with Crippen LogP contribution in [0, 0.1) is 0 Å². The number of hydrogen-bond donors (Lipinski definition) is 0. The average Bonchev–Trinajstić information content (AvgIpc) is 3.44. The lowest BCUT2D eigenvalue weighted by Gasteiger charge is -2.23. The summed E-state index contributed by atoms with van der Waals surface area (Å²) in [6.45, 7) is 17.0. The van der Waals surface area contributed by atoms with E-state index in [2.05, 4.69) is 65.4 Å². The summed E-state index contributed by atoms with van der Waals surface area (Å²) in [4.78, 5) is 18.6. The molecule has 0 amide bonds. The van der Waals surface area contributed by atoms with Gasteiger partial charge in [-0.15, -0.1) is 0 Å². The monoisotopic (exact) mass is 444 g/mol. The fourth-order valence-electron chi connectivity index (χ4n) is 3.37. The zero-order chi connectivity index (χ0) is 24.0. The van der Waals surface area contributed by atoms with Crippen molar-refractivity contribution < 1.29 is 0 Å². The molecule has 0 saturated heterocycles. The van der Waals surface area contributed by atoms with Gasteiger partial charge in [0.2, 0.25) is 0 Å². The van der Waals surface area contributed by atoms with E-state index in [0.29, 0.717) is 11.6 Å². The van der Waals surface area contributed by atoms with Crippen LogP contribution in [-0.4, -0.2) is 39.5 Å². The Labute approximate surface area is 195 Å². The molecule has 33 heavy (non-hydrogen) atoms. The lowest BCUT2D eigenvalue weighted by molar-refractivity contribution is 0.553. The fraction of sp³-hybridized carbons (Fsp3) is 0.440. The summed E-state index contributed by atoms with van der Waals surface area (Å²) >= 11 is 0. The highest BCUT2D eigenvalue weighted by Gasteiger charge is 2.29. The first kappa shape index (κ1) is 22.8. The summed E-state index contributed by atoms with van der Waals surface area (Å²) in [5.74, 6) is 1.34. The molecule has 8 heteroatoms. The van der Waals surface area contributed by atoms with Gasteiger partial charge in [-0.2, -0.15) is 10.2 Å². The topological polar surface area (TPSA) is 87.2 Å². The predicted octanol–water partition coefficient (Wildman–Crippen LogP) is 4.56. The van der Waals surface area contributed by atoms with Gasteiger partial charge in [0, 0.05) is 35.6 Å². The Morgan fingerprint density at radius 1 is 0.545 bits per heavy atom. The van der Waals surface area contributed by atoms with Crippen LogP contribution in [0.5, 0.6) is 0 Å². The van der Waals surface area contributed by atoms with Crippen LogP contribution in [0.4, 0.5) is 0 Å². The van der Waals surface area contributed by atoms with Crippen LogP contribution in [0.1, 0.15) is 78.2 Å². The summed E-state index contributed by atoms with van der Waals surface area (Å²) in [5, 5.41) is 9.40. The molecule has 0 saturated carbocycles. The van der Waals surface area contributed by atoms with Gasteiger partial charge in [-0.25, -0.2) is 19.3 Å². The van der Waals surface area contributed by atoms with E-state index in [1.165, 1.54) is 0 Å². The van der Waals surface area contributed by atoms with Gasteiger partial charge in [-0.1, -0.05) is 41.5 Å². The second-order valence-electron chi connectivity index (χ2n) is 10.9. The molecule has 4 aromatic heterocycles. The normalized spacial score (nSPS) is 12.8. The van der Waals surface area contributed by atoms with Crippen molar-refractivity contribution in [3.05, 3.63) is 72.1 Å². The average molecular weight is 445 g/mol. The SMILES string of the molecule is CC(C)(C)c1ccn(-c2cncc(C(C)(C)c3cncc(-n4ccc(C(C)(C)C)n4)n3)n2)n1. The van der Waals surface area contributed by atoms with Crippen molar-refractivity contribution in [2.24, 2.45) is 0 Å². The lowest BCUT2D eigenvalue weighted by atomic mass is 9.86. The van der Waals surface area contributed by atoms with Crippen molar-refractivity contribution >= 4 is 0 Å². The van der Waals surface area contributed by atoms with Gasteiger partial charge in [0.15, 0.2) is 11.6 Å². The number of nitrogens with zero attached hydrogens (tertiary/aromatic N) is 8. The van der Waals surface area contributed by atoms with Gasteiger partial charge in [0.05, 0.1) is 40.6 Å². The molecule has 4 aromatic rings. The zero-order valence-corrected chi connectivity index (χ0v) is 20.7. The molecule has 0 aliphatic rings. The van der Waals surface area contributed by atoms with Crippen molar-refractivity contribution in [3.63, 3.8) is 0 Å². The quantitative estimate of drug-likeness (QED) is 0.459. The first-order valence-electron chi connectivity index (χ1n) is 11.1. The second-order valence-corrected chi connectivity index (χ2v) is 10.9. The van der Waals surface area contributed by atoms with Gasteiger partial charge >= 0.3 is 0 Å². The van der Waals surface area contributed by atoms with E-state index in [1.807, 2.05) is 24.5 Å². The molecule has 4 rings (SSSR count). The molecule has 0 spiro atoms. The van der Waals surface area contributed by atoms with Crippen LogP contribution in [0.15, 0.2) is 49.3 Å². The highest BCUT2D eigenvalue weighted by atomic mass is 15.3. The van der Waals surface area contributed by atoms with E-state index in [9.17, 15) is 0 Å². The minimum absolute atomic E-state index is 0.0368. The number of hydrogen-bond acceptors (Lipinski definition) is 6. The lowest BCUT2D eigenvalue weighted by Crippen LogP contribution is -2.24. The van der Waals surface area contributed by atoms with E-state index in [1.54, 1.807) is 34.2 Å². The summed E-state index contributed by atoms with van der Waals surface area (Å²) in [6, 6.07) is 4.04. The van der Waals surface area contributed by atoms with E-state index < -0.39 is 5.41 Å². The molecular formula is C25H32N8. The molecule has 0 N–H and O–H groups in total. The first-order chi connectivity index (χ1) is 15.4. The van der Waals surface area contributed by atoms with Crippen molar-refractivity contribution in [2.75, 3.05) is 0 Å². The van der Waals surface area contributed by atoms with Gasteiger partial charge in [0.25, 0.3) is 0 Å². The maximum atomic E-state index is 4.87. The maximum Gasteiger partial charge on any atom is 0.172 e. The molecule has 0 aromatic carbocycles. The maximum absolute atomic E-state index is 4.87. The molecule has 0 bridgehead atoms. The fourth-order valence-corrected chi connectivity index (χ4v) is 3.37. The largest absolute Gasteiger partial charge is 0.259 e. The minimum atomic E-state index is -0.522. The molecule has 4 heterocycles. The van der Waals surface area contributed by atoms with Crippen LogP contribution in [0.2, 0.25) is 0 Å². The predicted molar refractivity (Wildman–Crippen MR) is 128 cm³/mol. The van der Waals surface area contributed by atoms with Crippen molar-refractivity contribution in [2.45, 2.75) is 71.6 Å². The van der Waals surface area contributed by atoms with E-state index in [-0.39, 0.29) is 10.8 Å². The molecule has 0 aliphatic carbocycles. The number of rotatable bonds is 4. The summed E-state index contributed by atoms with van der Waals surface area (Å²) < 4.78 is 3.54. The van der Waals surface area contributed by atoms with Crippen LogP contribution in [-0.2, 0) is 16.2 Å². The Morgan fingerprint density at radius 3 is 1.27 bits per heavy atom. The van der Waals surface area contributed by atoms with Crippen LogP contribution in [0.3, 0.4) is 0 Å². The highest BCUT2D eigenvalue weighted by Crippen LogP contribution is 2.29. The Balaban J connectivity index is 1.68. The van der Waals surface area contributed by atoms with Crippen LogP contribution >= 0.6 is 0 Å². The standard InChI is InChI=1S/C25H32N8/c1-23(2,3)17-9-11-32(30-17)21-15-26-13-19(28-21)25(7,8)20-14-27-16-22(29-20)33-12-10-18(31-33)24(4,5)6/h9-16H,1-8H3. The molecular weight excluding hydrogens is 412 g/mol. The molecule has 8 nitrogen and oxygen atoms in total. The molecule has 0 fully saturated rings. The highest BCUT2D eigenvalue weighted by molar-refractivity contribution is 5.32. The Morgan fingerprint density at radius 2 is 0.939 bits per heavy atom. The molecule has 0 radical (unpaired) electrons. The van der Waals surface area contributed by atoms with Gasteiger partial charge in [0.1, 0.15) is 0 Å². The first-order valence-corrected chi connectivity index (χ1v) is 11.1. The third-order valence-corrected chi connectivity index (χ3v) is 5.71. The summed E-state index contributed by atoms with van der Waals surface area (Å²) in [6.07, 6.45) is 10.8. The summed E-state index contributed by atoms with van der Waals surface area (Å²) in [5.41, 5.74) is 2.98. The molecule has 0 aliphatic heterocycles. The van der Waals surface area contributed by atoms with Crippen molar-refractivity contribution in [1.29, 1.82) is 0 Å². The van der Waals surface area contributed by atoms with E-state index in [0.717, 1.165) is 22.8 Å². The van der Waals surface area contributed by atoms with E-state index >= 15 is 0 Å². The third-order valence-electron chi connectivity index (χ3n) is 5.71. The Kier molecular flexibility index (Phi) is 5.42. The second kappa shape index (κ2) is 7.86. The molecule has 172 valence electrons. The molecule has 0 unspecified atom stereocenters.